The molecule has 1 fully saturated rings. The molecule has 1 saturated carbocycles. The van der Waals surface area contributed by atoms with Gasteiger partial charge in [0.2, 0.25) is 5.89 Å². The predicted octanol–water partition coefficient (Wildman–Crippen LogP) is 3.19. The summed E-state index contributed by atoms with van der Waals surface area (Å²) in [5.74, 6) is 0.911. The van der Waals surface area contributed by atoms with Crippen molar-refractivity contribution in [2.24, 2.45) is 5.73 Å². The van der Waals surface area contributed by atoms with Crippen LogP contribution in [-0.4, -0.2) is 21.0 Å². The van der Waals surface area contributed by atoms with Crippen molar-refractivity contribution in [3.8, 4) is 0 Å². The zero-order valence-corrected chi connectivity index (χ0v) is 15.5. The Labute approximate surface area is 158 Å². The van der Waals surface area contributed by atoms with Crippen molar-refractivity contribution >= 4 is 46.1 Å². The van der Waals surface area contributed by atoms with E-state index in [9.17, 15) is 4.79 Å². The van der Waals surface area contributed by atoms with Gasteiger partial charge in [-0.15, -0.1) is 35.1 Å². The summed E-state index contributed by atoms with van der Waals surface area (Å²) in [6.45, 7) is 0. The number of nitrogens with two attached hydrogens (primary N) is 1. The van der Waals surface area contributed by atoms with E-state index in [2.05, 4.69) is 20.4 Å². The Hall–Kier alpha value is -1.81. The van der Waals surface area contributed by atoms with E-state index in [4.69, 9.17) is 10.3 Å². The predicted molar refractivity (Wildman–Crippen MR) is 98.5 cm³/mol. The Bertz CT molecular complexity index is 857. The van der Waals surface area contributed by atoms with Gasteiger partial charge in [-0.2, -0.15) is 4.98 Å². The zero-order valence-electron chi connectivity index (χ0n) is 13.1. The van der Waals surface area contributed by atoms with Gasteiger partial charge in [0.25, 0.3) is 5.91 Å². The summed E-state index contributed by atoms with van der Waals surface area (Å²) < 4.78 is 5.28. The van der Waals surface area contributed by atoms with Crippen LogP contribution >= 0.6 is 35.1 Å². The quantitative estimate of drug-likeness (QED) is 0.684. The lowest BCUT2D eigenvalue weighted by Gasteiger charge is -2.34. The average Bonchev–Trinajstić information content (AvgIpc) is 3.26. The van der Waals surface area contributed by atoms with Gasteiger partial charge in [0, 0.05) is 5.38 Å². The van der Waals surface area contributed by atoms with E-state index in [1.54, 1.807) is 6.07 Å². The molecule has 10 heteroatoms. The highest BCUT2D eigenvalue weighted by Gasteiger charge is 2.38. The first kappa shape index (κ1) is 18.0. The van der Waals surface area contributed by atoms with Crippen molar-refractivity contribution in [2.45, 2.75) is 31.2 Å². The van der Waals surface area contributed by atoms with E-state index < -0.39 is 5.54 Å². The number of amides is 1. The molecule has 0 aromatic carbocycles. The maximum Gasteiger partial charge on any atom is 0.267 e. The molecule has 3 aromatic rings. The molecular weight excluding hydrogens is 382 g/mol. The van der Waals surface area contributed by atoms with Crippen LogP contribution in [0.3, 0.4) is 0 Å². The molecule has 0 saturated heterocycles. The summed E-state index contributed by atoms with van der Waals surface area (Å²) in [6, 6.07) is 3.62. The van der Waals surface area contributed by atoms with Gasteiger partial charge in [-0.3, -0.25) is 10.1 Å². The first-order chi connectivity index (χ1) is 11.6. The fourth-order valence-corrected chi connectivity index (χ4v) is 3.80. The standard InChI is InChI=1S/C15H15N5O2S2.ClH/c16-15(4-2-5-15)13-18-11(22-20-13)7-9-8-24-14(17-9)19-12(21)10-3-1-6-23-10;/h1,3,6,8H,2,4-5,7,16H2,(H,17,19,21);1H. The van der Waals surface area contributed by atoms with E-state index in [0.717, 1.165) is 25.0 Å². The minimum atomic E-state index is -0.427. The molecule has 1 amide bonds. The van der Waals surface area contributed by atoms with Crippen LogP contribution in [0.5, 0.6) is 0 Å². The molecule has 0 atom stereocenters. The van der Waals surface area contributed by atoms with Crippen molar-refractivity contribution in [3.63, 3.8) is 0 Å². The Kier molecular flexibility index (Phi) is 5.19. The molecule has 1 aliphatic rings. The molecule has 25 heavy (non-hydrogen) atoms. The van der Waals surface area contributed by atoms with Crippen molar-refractivity contribution in [1.29, 1.82) is 0 Å². The summed E-state index contributed by atoms with van der Waals surface area (Å²) in [4.78, 5) is 21.4. The third-order valence-corrected chi connectivity index (χ3v) is 5.68. The lowest BCUT2D eigenvalue weighted by atomic mass is 9.77. The van der Waals surface area contributed by atoms with Gasteiger partial charge < -0.3 is 10.3 Å². The normalized spacial score (nSPS) is 15.2. The van der Waals surface area contributed by atoms with E-state index in [1.165, 1.54) is 22.7 Å². The summed E-state index contributed by atoms with van der Waals surface area (Å²) in [5.41, 5.74) is 6.54. The number of hydrogen-bond acceptors (Lipinski definition) is 8. The second-order valence-electron chi connectivity index (χ2n) is 5.77. The number of carbonyl (C=O) groups excluding carboxylic acids is 1. The molecule has 0 unspecified atom stereocenters. The molecule has 0 bridgehead atoms. The van der Waals surface area contributed by atoms with Crippen LogP contribution in [-0.2, 0) is 12.0 Å². The Morgan fingerprint density at radius 1 is 1.36 bits per heavy atom. The summed E-state index contributed by atoms with van der Waals surface area (Å²) in [5, 5.41) is 11.1. The number of anilines is 1. The molecule has 0 aliphatic heterocycles. The third-order valence-electron chi connectivity index (χ3n) is 4.01. The van der Waals surface area contributed by atoms with Crippen LogP contribution in [0.15, 0.2) is 27.4 Å². The van der Waals surface area contributed by atoms with Crippen LogP contribution in [0.4, 0.5) is 5.13 Å². The minimum absolute atomic E-state index is 0. The number of nitrogens with zero attached hydrogens (tertiary/aromatic N) is 3. The molecule has 7 nitrogen and oxygen atoms in total. The maximum absolute atomic E-state index is 12.0. The first-order valence-corrected chi connectivity index (χ1v) is 9.29. The van der Waals surface area contributed by atoms with Crippen molar-refractivity contribution in [1.82, 2.24) is 15.1 Å². The Balaban J connectivity index is 0.00000182. The largest absolute Gasteiger partial charge is 0.339 e. The molecule has 1 aliphatic carbocycles. The van der Waals surface area contributed by atoms with Crippen molar-refractivity contribution < 1.29 is 9.32 Å². The molecule has 3 heterocycles. The fourth-order valence-electron chi connectivity index (χ4n) is 2.48. The van der Waals surface area contributed by atoms with Gasteiger partial charge in [-0.1, -0.05) is 11.2 Å². The lowest BCUT2D eigenvalue weighted by molar-refractivity contribution is 0.103. The molecule has 0 radical (unpaired) electrons. The molecule has 132 valence electrons. The first-order valence-electron chi connectivity index (χ1n) is 7.54. The van der Waals surface area contributed by atoms with E-state index in [1.807, 2.05) is 16.8 Å². The second kappa shape index (κ2) is 7.20. The number of carbonyl (C=O) groups is 1. The second-order valence-corrected chi connectivity index (χ2v) is 7.58. The number of hydrogen-bond donors (Lipinski definition) is 2. The highest BCUT2D eigenvalue weighted by atomic mass is 35.5. The van der Waals surface area contributed by atoms with Crippen LogP contribution in [0.2, 0.25) is 0 Å². The van der Waals surface area contributed by atoms with Gasteiger partial charge >= 0.3 is 0 Å². The molecule has 0 spiro atoms. The number of halogens is 1. The number of thiazole rings is 1. The Morgan fingerprint density at radius 2 is 2.20 bits per heavy atom. The summed E-state index contributed by atoms with van der Waals surface area (Å²) in [6.07, 6.45) is 3.30. The van der Waals surface area contributed by atoms with Gasteiger partial charge in [0.15, 0.2) is 11.0 Å². The van der Waals surface area contributed by atoms with Crippen LogP contribution < -0.4 is 11.1 Å². The van der Waals surface area contributed by atoms with Gasteiger partial charge in [-0.05, 0) is 30.7 Å². The average molecular weight is 398 g/mol. The SMILES string of the molecule is Cl.NC1(c2noc(Cc3csc(NC(=O)c4cccs4)n3)n2)CCC1. The fraction of sp³-hybridized carbons (Fsp3) is 0.333. The van der Waals surface area contributed by atoms with Gasteiger partial charge in [-0.25, -0.2) is 4.98 Å². The van der Waals surface area contributed by atoms with Gasteiger partial charge in [0.1, 0.15) is 0 Å². The number of nitrogens with one attached hydrogen (secondary N) is 1. The zero-order chi connectivity index (χ0) is 16.6. The van der Waals surface area contributed by atoms with Crippen LogP contribution in [0, 0.1) is 0 Å². The van der Waals surface area contributed by atoms with E-state index in [-0.39, 0.29) is 18.3 Å². The highest BCUT2D eigenvalue weighted by molar-refractivity contribution is 7.14. The Morgan fingerprint density at radius 3 is 2.88 bits per heavy atom. The van der Waals surface area contributed by atoms with Crippen molar-refractivity contribution in [2.75, 3.05) is 5.32 Å². The molecular formula is C15H16ClN5O2S2. The maximum atomic E-state index is 12.0. The van der Waals surface area contributed by atoms with E-state index >= 15 is 0 Å². The van der Waals surface area contributed by atoms with Crippen LogP contribution in [0.25, 0.3) is 0 Å². The highest BCUT2D eigenvalue weighted by Crippen LogP contribution is 2.37. The smallest absolute Gasteiger partial charge is 0.267 e. The molecule has 4 rings (SSSR count). The van der Waals surface area contributed by atoms with Crippen molar-refractivity contribution in [3.05, 3.63) is 45.2 Å². The lowest BCUT2D eigenvalue weighted by Crippen LogP contribution is -2.44. The van der Waals surface area contributed by atoms with E-state index in [0.29, 0.717) is 28.1 Å². The van der Waals surface area contributed by atoms with Gasteiger partial charge in [0.05, 0.1) is 22.5 Å². The summed E-state index contributed by atoms with van der Waals surface area (Å²) in [7, 11) is 0. The minimum Gasteiger partial charge on any atom is -0.339 e. The number of rotatable bonds is 5. The monoisotopic (exact) mass is 397 g/mol. The topological polar surface area (TPSA) is 107 Å². The molecule has 3 N–H and O–H groups in total. The molecule has 3 aromatic heterocycles. The van der Waals surface area contributed by atoms with Crippen LogP contribution in [0.1, 0.15) is 46.3 Å². The number of thiophene rings is 1. The third kappa shape index (κ3) is 3.74. The summed E-state index contributed by atoms with van der Waals surface area (Å²) >= 11 is 2.76. The number of aromatic nitrogens is 3.